The van der Waals surface area contributed by atoms with Crippen molar-refractivity contribution in [1.82, 2.24) is 0 Å². The predicted molar refractivity (Wildman–Crippen MR) is 130 cm³/mol. The molecule has 0 saturated carbocycles. The Bertz CT molecular complexity index is 1210. The molecule has 0 aliphatic carbocycles. The van der Waals surface area contributed by atoms with Crippen LogP contribution in [-0.2, 0) is 38.2 Å². The largest absolute Gasteiger partial charge is 0.458 e. The molecule has 1 aliphatic heterocycles. The maximum absolute atomic E-state index is 12.8. The Morgan fingerprint density at radius 2 is 1.54 bits per heavy atom. The van der Waals surface area contributed by atoms with Crippen molar-refractivity contribution in [3.05, 3.63) is 47.3 Å². The molecule has 1 heterocycles. The van der Waals surface area contributed by atoms with Crippen LogP contribution in [0.2, 0.25) is 0 Å². The summed E-state index contributed by atoms with van der Waals surface area (Å²) in [5.74, 6) is -3.48. The number of nitriles is 1. The van der Waals surface area contributed by atoms with E-state index in [2.05, 4.69) is 13.2 Å². The van der Waals surface area contributed by atoms with E-state index in [1.165, 1.54) is 19.1 Å². The van der Waals surface area contributed by atoms with Gasteiger partial charge in [0, 0.05) is 25.5 Å². The van der Waals surface area contributed by atoms with E-state index in [0.717, 1.165) is 35.7 Å². The highest BCUT2D eigenvalue weighted by molar-refractivity contribution is 8.24. The molecule has 194 valence electrons. The first-order chi connectivity index (χ1) is 17.6. The lowest BCUT2D eigenvalue weighted by Gasteiger charge is -2.16. The number of benzene rings is 1. The fourth-order valence-corrected chi connectivity index (χ4v) is 5.07. The lowest BCUT2D eigenvalue weighted by Crippen LogP contribution is -2.30. The van der Waals surface area contributed by atoms with Gasteiger partial charge in [-0.3, -0.25) is 9.59 Å². The molecule has 2 rings (SSSR count). The lowest BCUT2D eigenvalue weighted by molar-refractivity contribution is -0.160. The summed E-state index contributed by atoms with van der Waals surface area (Å²) in [5.41, 5.74) is -0.398. The number of thioether (sulfide) groups is 2. The van der Waals surface area contributed by atoms with Crippen LogP contribution in [0.25, 0.3) is 0 Å². The number of nitrogens with zero attached hydrogens (tertiary/aromatic N) is 1. The number of hydrogen-bond donors (Lipinski definition) is 0. The monoisotopic (exact) mass is 547 g/mol. The highest BCUT2D eigenvalue weighted by Gasteiger charge is 2.32. The third-order valence-electron chi connectivity index (χ3n) is 4.14. The molecule has 1 aromatic carbocycles. The molecular weight excluding hydrogens is 526 g/mol. The number of hydrogen-bond acceptors (Lipinski definition) is 13. The highest BCUT2D eigenvalue weighted by Crippen LogP contribution is 2.59. The summed E-state index contributed by atoms with van der Waals surface area (Å²) in [6.07, 6.45) is 0.703. The van der Waals surface area contributed by atoms with Crippen LogP contribution in [0, 0.1) is 11.3 Å². The minimum absolute atomic E-state index is 0.108. The zero-order chi connectivity index (χ0) is 27.5. The first kappa shape index (κ1) is 29.2. The molecule has 0 amide bonds. The lowest BCUT2D eigenvalue weighted by atomic mass is 10.3. The first-order valence-electron chi connectivity index (χ1n) is 10.5. The van der Waals surface area contributed by atoms with Crippen molar-refractivity contribution >= 4 is 53.4 Å². The third kappa shape index (κ3) is 8.26. The second-order valence-electron chi connectivity index (χ2n) is 6.82. The Hall–Kier alpha value is -4.02. The average Bonchev–Trinajstić information content (AvgIpc) is 3.32. The summed E-state index contributed by atoms with van der Waals surface area (Å²) in [5, 5.41) is 9.68. The van der Waals surface area contributed by atoms with E-state index in [1.54, 1.807) is 13.0 Å². The summed E-state index contributed by atoms with van der Waals surface area (Å²) < 4.78 is 25.7. The van der Waals surface area contributed by atoms with Gasteiger partial charge in [-0.25, -0.2) is 14.4 Å². The van der Waals surface area contributed by atoms with Crippen molar-refractivity contribution in [2.75, 3.05) is 13.2 Å². The molecule has 0 spiro atoms. The first-order valence-corrected chi connectivity index (χ1v) is 12.1. The Kier molecular flexibility index (Phi) is 11.0. The molecule has 11 nitrogen and oxygen atoms in total. The van der Waals surface area contributed by atoms with Crippen LogP contribution < -0.4 is 9.47 Å². The van der Waals surface area contributed by atoms with Gasteiger partial charge in [0.1, 0.15) is 30.8 Å². The minimum Gasteiger partial charge on any atom is -0.458 e. The summed E-state index contributed by atoms with van der Waals surface area (Å²) in [4.78, 5) is 59.7. The zero-order valence-corrected chi connectivity index (χ0v) is 21.4. The van der Waals surface area contributed by atoms with Crippen LogP contribution in [0.5, 0.6) is 11.5 Å². The van der Waals surface area contributed by atoms with Crippen LogP contribution >= 0.6 is 23.5 Å². The van der Waals surface area contributed by atoms with E-state index in [9.17, 15) is 29.2 Å². The average molecular weight is 548 g/mol. The number of ether oxygens (including phenoxy) is 5. The SMILES string of the molecule is C=CC(=O)OCC(COC(=O)/C(C#N)=C1/Sc2c(OC(C)=O)ccc(OC(=O)CC)c2S1)OC(=O)C=C. The van der Waals surface area contributed by atoms with Gasteiger partial charge in [-0.2, -0.15) is 5.26 Å². The number of carbonyl (C=O) groups is 5. The van der Waals surface area contributed by atoms with E-state index < -0.39 is 54.7 Å². The van der Waals surface area contributed by atoms with Crippen LogP contribution in [0.15, 0.2) is 57.0 Å². The molecule has 0 radical (unpaired) electrons. The van der Waals surface area contributed by atoms with E-state index in [0.29, 0.717) is 9.79 Å². The molecule has 0 fully saturated rings. The van der Waals surface area contributed by atoms with Gasteiger partial charge in [-0.1, -0.05) is 43.6 Å². The van der Waals surface area contributed by atoms with Crippen LogP contribution in [0.1, 0.15) is 20.3 Å². The molecule has 37 heavy (non-hydrogen) atoms. The van der Waals surface area contributed by atoms with E-state index >= 15 is 0 Å². The Morgan fingerprint density at radius 1 is 0.973 bits per heavy atom. The summed E-state index contributed by atoms with van der Waals surface area (Å²) >= 11 is 1.91. The standard InChI is InChI=1S/C24H21NO10S2/c1-5-18(27)31-11-14(34-19(28)6-2)12-32-23(30)15(10-25)24-36-21-16(33-13(4)26)8-9-17(22(21)37-24)35-20(29)7-3/h5-6,8-9,14H,1-2,7,11-12H2,3-4H3/b24-15-. The molecule has 0 bridgehead atoms. The molecule has 1 unspecified atom stereocenters. The molecule has 0 saturated heterocycles. The smallest absolute Gasteiger partial charge is 0.350 e. The van der Waals surface area contributed by atoms with Crippen molar-refractivity contribution in [3.63, 3.8) is 0 Å². The van der Waals surface area contributed by atoms with E-state index in [-0.39, 0.29) is 22.2 Å². The van der Waals surface area contributed by atoms with Crippen LogP contribution in [0.4, 0.5) is 0 Å². The molecule has 13 heteroatoms. The maximum atomic E-state index is 12.8. The van der Waals surface area contributed by atoms with E-state index in [4.69, 9.17) is 23.7 Å². The van der Waals surface area contributed by atoms with Gasteiger partial charge in [-0.15, -0.1) is 0 Å². The maximum Gasteiger partial charge on any atom is 0.350 e. The second-order valence-corrected chi connectivity index (χ2v) is 9.12. The van der Waals surface area contributed by atoms with Crippen molar-refractivity contribution in [3.8, 4) is 17.6 Å². The molecule has 1 atom stereocenters. The van der Waals surface area contributed by atoms with Crippen molar-refractivity contribution in [2.24, 2.45) is 0 Å². The van der Waals surface area contributed by atoms with Gasteiger partial charge < -0.3 is 23.7 Å². The summed E-state index contributed by atoms with van der Waals surface area (Å²) in [7, 11) is 0. The topological polar surface area (TPSA) is 155 Å². The number of esters is 5. The normalized spacial score (nSPS) is 13.6. The van der Waals surface area contributed by atoms with Gasteiger partial charge in [-0.05, 0) is 12.1 Å². The molecular formula is C24H21NO10S2. The highest BCUT2D eigenvalue weighted by atomic mass is 32.2. The van der Waals surface area contributed by atoms with Gasteiger partial charge in [0.15, 0.2) is 11.7 Å². The van der Waals surface area contributed by atoms with Crippen molar-refractivity contribution < 1.29 is 47.7 Å². The predicted octanol–water partition coefficient (Wildman–Crippen LogP) is 3.23. The Morgan fingerprint density at radius 3 is 2.05 bits per heavy atom. The fourth-order valence-electron chi connectivity index (χ4n) is 2.52. The summed E-state index contributed by atoms with van der Waals surface area (Å²) in [6, 6.07) is 4.64. The minimum atomic E-state index is -1.18. The Labute approximate surface area is 220 Å². The molecule has 1 aromatic rings. The quantitative estimate of drug-likeness (QED) is 0.131. The second kappa shape index (κ2) is 13.9. The van der Waals surface area contributed by atoms with Gasteiger partial charge in [0.05, 0.1) is 14.0 Å². The fraction of sp³-hybridized carbons (Fsp3) is 0.250. The van der Waals surface area contributed by atoms with Crippen molar-refractivity contribution in [1.29, 1.82) is 5.26 Å². The molecule has 0 aromatic heterocycles. The third-order valence-corrected chi connectivity index (χ3v) is 6.77. The van der Waals surface area contributed by atoms with Gasteiger partial charge in [0.25, 0.3) is 0 Å². The Balaban J connectivity index is 2.29. The van der Waals surface area contributed by atoms with Crippen molar-refractivity contribution in [2.45, 2.75) is 36.2 Å². The van der Waals surface area contributed by atoms with E-state index in [1.807, 2.05) is 0 Å². The van der Waals surface area contributed by atoms with Crippen LogP contribution in [0.3, 0.4) is 0 Å². The zero-order valence-electron chi connectivity index (χ0n) is 19.8. The number of carbonyl (C=O) groups excluding carboxylic acids is 5. The van der Waals surface area contributed by atoms with Gasteiger partial charge >= 0.3 is 29.8 Å². The number of rotatable bonds is 11. The number of fused-ring (bicyclic) bond motifs is 1. The summed E-state index contributed by atoms with van der Waals surface area (Å²) in [6.45, 7) is 8.36. The molecule has 1 aliphatic rings. The van der Waals surface area contributed by atoms with Gasteiger partial charge in [0.2, 0.25) is 0 Å². The van der Waals surface area contributed by atoms with Crippen LogP contribution in [-0.4, -0.2) is 49.2 Å². The molecule has 0 N–H and O–H groups in total.